The maximum Gasteiger partial charge on any atom is 0.0624 e. The summed E-state index contributed by atoms with van der Waals surface area (Å²) in [5.41, 5.74) is 2.95. The van der Waals surface area contributed by atoms with E-state index in [9.17, 15) is 0 Å². The van der Waals surface area contributed by atoms with Gasteiger partial charge in [0.25, 0.3) is 0 Å². The standard InChI is InChI=1S/C16H31N3/c1-6-10-16(5,13-17-8-3)12-15-11-14(7-2)18-19(15)9-4/h11,17H,6-10,12-13H2,1-5H3. The predicted molar refractivity (Wildman–Crippen MR) is 82.5 cm³/mol. The van der Waals surface area contributed by atoms with Gasteiger partial charge in [-0.25, -0.2) is 0 Å². The van der Waals surface area contributed by atoms with Crippen LogP contribution in [0.5, 0.6) is 0 Å². The summed E-state index contributed by atoms with van der Waals surface area (Å²) in [4.78, 5) is 0. The second kappa shape index (κ2) is 7.68. The maximum absolute atomic E-state index is 4.67. The molecule has 1 N–H and O–H groups in total. The molecule has 1 aromatic heterocycles. The molecule has 1 rings (SSSR count). The van der Waals surface area contributed by atoms with Crippen LogP contribution >= 0.6 is 0 Å². The molecule has 3 heteroatoms. The van der Waals surface area contributed by atoms with E-state index in [1.165, 1.54) is 24.2 Å². The van der Waals surface area contributed by atoms with Gasteiger partial charge < -0.3 is 5.32 Å². The minimum absolute atomic E-state index is 0.336. The lowest BCUT2D eigenvalue weighted by atomic mass is 9.81. The highest BCUT2D eigenvalue weighted by atomic mass is 15.3. The van der Waals surface area contributed by atoms with Gasteiger partial charge in [0, 0.05) is 18.8 Å². The van der Waals surface area contributed by atoms with Crippen molar-refractivity contribution in [3.05, 3.63) is 17.5 Å². The third-order valence-corrected chi connectivity index (χ3v) is 3.84. The summed E-state index contributed by atoms with van der Waals surface area (Å²) in [7, 11) is 0. The minimum Gasteiger partial charge on any atom is -0.316 e. The fourth-order valence-corrected chi connectivity index (χ4v) is 2.81. The Bertz CT molecular complexity index is 370. The average molecular weight is 265 g/mol. The normalized spacial score (nSPS) is 14.6. The Labute approximate surface area is 118 Å². The van der Waals surface area contributed by atoms with Gasteiger partial charge >= 0.3 is 0 Å². The third kappa shape index (κ3) is 4.64. The Morgan fingerprint density at radius 2 is 2.00 bits per heavy atom. The van der Waals surface area contributed by atoms with Gasteiger partial charge in [-0.05, 0) is 44.2 Å². The van der Waals surface area contributed by atoms with Crippen LogP contribution in [0.1, 0.15) is 58.8 Å². The Balaban J connectivity index is 2.85. The zero-order valence-corrected chi connectivity index (χ0v) is 13.4. The van der Waals surface area contributed by atoms with Gasteiger partial charge in [-0.2, -0.15) is 5.10 Å². The Kier molecular flexibility index (Phi) is 6.56. The molecule has 0 radical (unpaired) electrons. The molecule has 0 spiro atoms. The Hall–Kier alpha value is -0.830. The average Bonchev–Trinajstić information content (AvgIpc) is 2.78. The van der Waals surface area contributed by atoms with E-state index in [4.69, 9.17) is 0 Å². The lowest BCUT2D eigenvalue weighted by Crippen LogP contribution is -2.34. The summed E-state index contributed by atoms with van der Waals surface area (Å²) < 4.78 is 2.18. The zero-order valence-electron chi connectivity index (χ0n) is 13.4. The molecule has 1 atom stereocenters. The SMILES string of the molecule is CCCC(C)(CNCC)Cc1cc(CC)nn1CC. The van der Waals surface area contributed by atoms with Crippen LogP contribution in [-0.4, -0.2) is 22.9 Å². The highest BCUT2D eigenvalue weighted by Crippen LogP contribution is 2.28. The number of nitrogens with zero attached hydrogens (tertiary/aromatic N) is 2. The molecule has 0 saturated carbocycles. The van der Waals surface area contributed by atoms with Gasteiger partial charge in [-0.3, -0.25) is 4.68 Å². The zero-order chi connectivity index (χ0) is 14.3. The van der Waals surface area contributed by atoms with Crippen LogP contribution in [-0.2, 0) is 19.4 Å². The molecule has 110 valence electrons. The number of aromatic nitrogens is 2. The molecule has 1 aromatic rings. The van der Waals surface area contributed by atoms with E-state index >= 15 is 0 Å². The fraction of sp³-hybridized carbons (Fsp3) is 0.812. The Morgan fingerprint density at radius 1 is 1.26 bits per heavy atom. The number of nitrogens with one attached hydrogen (secondary N) is 1. The van der Waals surface area contributed by atoms with Crippen molar-refractivity contribution in [3.63, 3.8) is 0 Å². The molecule has 0 saturated heterocycles. The van der Waals surface area contributed by atoms with Crippen molar-refractivity contribution in [2.45, 2.75) is 66.8 Å². The number of aryl methyl sites for hydroxylation is 2. The van der Waals surface area contributed by atoms with Crippen LogP contribution < -0.4 is 5.32 Å². The Morgan fingerprint density at radius 3 is 2.53 bits per heavy atom. The second-order valence-corrected chi connectivity index (χ2v) is 5.81. The summed E-state index contributed by atoms with van der Waals surface area (Å²) in [6, 6.07) is 2.29. The number of hydrogen-bond acceptors (Lipinski definition) is 2. The van der Waals surface area contributed by atoms with Gasteiger partial charge in [0.1, 0.15) is 0 Å². The van der Waals surface area contributed by atoms with Crippen LogP contribution in [0.2, 0.25) is 0 Å². The molecule has 19 heavy (non-hydrogen) atoms. The smallest absolute Gasteiger partial charge is 0.0624 e. The molecule has 0 amide bonds. The first-order valence-corrected chi connectivity index (χ1v) is 7.84. The van der Waals surface area contributed by atoms with Crippen molar-refractivity contribution < 1.29 is 0 Å². The van der Waals surface area contributed by atoms with Crippen LogP contribution in [0.15, 0.2) is 6.07 Å². The topological polar surface area (TPSA) is 29.9 Å². The quantitative estimate of drug-likeness (QED) is 0.741. The fourth-order valence-electron chi connectivity index (χ4n) is 2.81. The summed E-state index contributed by atoms with van der Waals surface area (Å²) in [5, 5.41) is 8.19. The molecule has 0 aliphatic rings. The number of rotatable bonds is 9. The summed E-state index contributed by atoms with van der Waals surface area (Å²) in [5.74, 6) is 0. The van der Waals surface area contributed by atoms with Crippen molar-refractivity contribution in [1.82, 2.24) is 15.1 Å². The lowest BCUT2D eigenvalue weighted by molar-refractivity contribution is 0.270. The van der Waals surface area contributed by atoms with Crippen molar-refractivity contribution in [1.29, 1.82) is 0 Å². The van der Waals surface area contributed by atoms with Gasteiger partial charge in [0.2, 0.25) is 0 Å². The van der Waals surface area contributed by atoms with E-state index in [2.05, 4.69) is 55.8 Å². The molecular formula is C16H31N3. The molecule has 1 unspecified atom stereocenters. The summed E-state index contributed by atoms with van der Waals surface area (Å²) in [6.07, 6.45) is 4.64. The molecule has 0 aliphatic heterocycles. The van der Waals surface area contributed by atoms with E-state index in [1.807, 2.05) is 0 Å². The monoisotopic (exact) mass is 265 g/mol. The summed E-state index contributed by atoms with van der Waals surface area (Å²) in [6.45, 7) is 14.3. The molecule has 0 fully saturated rings. The van der Waals surface area contributed by atoms with E-state index < -0.39 is 0 Å². The van der Waals surface area contributed by atoms with Crippen LogP contribution in [0, 0.1) is 5.41 Å². The highest BCUT2D eigenvalue weighted by Gasteiger charge is 2.25. The van der Waals surface area contributed by atoms with Crippen LogP contribution in [0.25, 0.3) is 0 Å². The molecular weight excluding hydrogens is 234 g/mol. The minimum atomic E-state index is 0.336. The van der Waals surface area contributed by atoms with E-state index in [-0.39, 0.29) is 0 Å². The second-order valence-electron chi connectivity index (χ2n) is 5.81. The van der Waals surface area contributed by atoms with Gasteiger partial charge in [-0.1, -0.05) is 34.1 Å². The van der Waals surface area contributed by atoms with E-state index in [0.29, 0.717) is 5.41 Å². The first-order valence-electron chi connectivity index (χ1n) is 7.84. The van der Waals surface area contributed by atoms with Gasteiger partial charge in [0.05, 0.1) is 5.69 Å². The van der Waals surface area contributed by atoms with E-state index in [1.54, 1.807) is 0 Å². The molecule has 3 nitrogen and oxygen atoms in total. The first kappa shape index (κ1) is 16.2. The first-order chi connectivity index (χ1) is 9.08. The van der Waals surface area contributed by atoms with E-state index in [0.717, 1.165) is 32.5 Å². The highest BCUT2D eigenvalue weighted by molar-refractivity contribution is 5.12. The third-order valence-electron chi connectivity index (χ3n) is 3.84. The van der Waals surface area contributed by atoms with Crippen molar-refractivity contribution in [2.24, 2.45) is 5.41 Å². The van der Waals surface area contributed by atoms with Gasteiger partial charge in [-0.15, -0.1) is 0 Å². The lowest BCUT2D eigenvalue weighted by Gasteiger charge is -2.29. The van der Waals surface area contributed by atoms with Crippen molar-refractivity contribution in [3.8, 4) is 0 Å². The van der Waals surface area contributed by atoms with Crippen LogP contribution in [0.3, 0.4) is 0 Å². The number of hydrogen-bond donors (Lipinski definition) is 1. The maximum atomic E-state index is 4.67. The largest absolute Gasteiger partial charge is 0.316 e. The van der Waals surface area contributed by atoms with Gasteiger partial charge in [0.15, 0.2) is 0 Å². The molecule has 0 aliphatic carbocycles. The van der Waals surface area contributed by atoms with Crippen LogP contribution in [0.4, 0.5) is 0 Å². The molecule has 0 aromatic carbocycles. The summed E-state index contributed by atoms with van der Waals surface area (Å²) >= 11 is 0. The van der Waals surface area contributed by atoms with Crippen molar-refractivity contribution in [2.75, 3.05) is 13.1 Å². The molecule has 1 heterocycles. The predicted octanol–water partition coefficient (Wildman–Crippen LogP) is 3.42. The molecule has 0 bridgehead atoms. The van der Waals surface area contributed by atoms with Crippen molar-refractivity contribution >= 4 is 0 Å².